The van der Waals surface area contributed by atoms with Gasteiger partial charge in [-0.15, -0.1) is 0 Å². The molecule has 0 fully saturated rings. The molecule has 24 heavy (non-hydrogen) atoms. The van der Waals surface area contributed by atoms with Crippen LogP contribution in [-0.4, -0.2) is 24.6 Å². The number of hydrogen-bond acceptors (Lipinski definition) is 5. The second-order valence-corrected chi connectivity index (χ2v) is 5.11. The number of nitrogens with zero attached hydrogens (tertiary/aromatic N) is 1. The second kappa shape index (κ2) is 8.41. The highest BCUT2D eigenvalue weighted by Gasteiger charge is 2.08. The van der Waals surface area contributed by atoms with E-state index in [0.717, 1.165) is 11.1 Å². The van der Waals surface area contributed by atoms with Crippen molar-refractivity contribution in [1.82, 2.24) is 0 Å². The highest BCUT2D eigenvalue weighted by Crippen LogP contribution is 2.17. The lowest BCUT2D eigenvalue weighted by Crippen LogP contribution is -2.20. The predicted molar refractivity (Wildman–Crippen MR) is 89.1 cm³/mol. The van der Waals surface area contributed by atoms with E-state index in [2.05, 4.69) is 10.3 Å². The molecule has 1 amide bonds. The maximum absolute atomic E-state index is 11.5. The monoisotopic (exact) mass is 324 g/mol. The molecule has 6 nitrogen and oxygen atoms in total. The van der Waals surface area contributed by atoms with Crippen molar-refractivity contribution < 1.29 is 19.1 Å². The van der Waals surface area contributed by atoms with Gasteiger partial charge in [0.2, 0.25) is 6.08 Å². The number of aliphatic imine (C=N–C) groups is 1. The summed E-state index contributed by atoms with van der Waals surface area (Å²) in [5.74, 6) is 0. The highest BCUT2D eigenvalue weighted by atomic mass is 16.6. The molecule has 1 unspecified atom stereocenters. The summed E-state index contributed by atoms with van der Waals surface area (Å²) in [4.78, 5) is 35.7. The molecule has 6 heteroatoms. The fraction of sp³-hybridized carbons (Fsp3) is 0.167. The average molecular weight is 324 g/mol. The number of ether oxygens (including phenoxy) is 1. The van der Waals surface area contributed by atoms with Crippen molar-refractivity contribution in [3.63, 3.8) is 0 Å². The number of hydrogen-bond donors (Lipinski definition) is 1. The van der Waals surface area contributed by atoms with Crippen LogP contribution in [0.5, 0.6) is 0 Å². The van der Waals surface area contributed by atoms with Gasteiger partial charge in [0.1, 0.15) is 0 Å². The van der Waals surface area contributed by atoms with E-state index in [1.165, 1.54) is 13.0 Å². The number of nitrogens with one attached hydrogen (secondary N) is 1. The molecule has 0 saturated heterocycles. The Hall–Kier alpha value is -3.24. The number of benzene rings is 2. The van der Waals surface area contributed by atoms with Crippen molar-refractivity contribution in [2.24, 2.45) is 4.99 Å². The predicted octanol–water partition coefficient (Wildman–Crippen LogP) is 3.38. The largest absolute Gasteiger partial charge is 0.439 e. The lowest BCUT2D eigenvalue weighted by molar-refractivity contribution is -0.114. The van der Waals surface area contributed by atoms with Crippen LogP contribution in [0.25, 0.3) is 0 Å². The van der Waals surface area contributed by atoms with E-state index in [9.17, 15) is 14.4 Å². The first-order chi connectivity index (χ1) is 11.6. The Morgan fingerprint density at radius 3 is 2.29 bits per heavy atom. The van der Waals surface area contributed by atoms with E-state index >= 15 is 0 Å². The lowest BCUT2D eigenvalue weighted by atomic mass is 10.0. The molecule has 0 aromatic heterocycles. The minimum absolute atomic E-state index is 0.550. The minimum atomic E-state index is -0.782. The molecule has 0 bridgehead atoms. The molecule has 0 aliphatic carbocycles. The Bertz CT molecular complexity index is 748. The smallest absolute Gasteiger partial charge is 0.412 e. The number of carbonyl (C=O) groups is 2. The summed E-state index contributed by atoms with van der Waals surface area (Å²) in [6.07, 6.45) is 1.30. The van der Waals surface area contributed by atoms with Crippen LogP contribution in [0.15, 0.2) is 53.5 Å². The molecule has 1 atom stereocenters. The third-order valence-corrected chi connectivity index (χ3v) is 3.20. The summed E-state index contributed by atoms with van der Waals surface area (Å²) in [6, 6.07) is 14.6. The maximum atomic E-state index is 11.5. The molecule has 0 aliphatic heterocycles. The third kappa shape index (κ3) is 5.19. The van der Waals surface area contributed by atoms with E-state index < -0.39 is 12.2 Å². The minimum Gasteiger partial charge on any atom is -0.439 e. The topological polar surface area (TPSA) is 84.8 Å². The first kappa shape index (κ1) is 17.1. The van der Waals surface area contributed by atoms with Gasteiger partial charge in [0.05, 0.1) is 5.69 Å². The Balaban J connectivity index is 1.95. The van der Waals surface area contributed by atoms with Gasteiger partial charge in [0.15, 0.2) is 12.4 Å². The molecular formula is C18H16N2O4. The SMILES string of the molecule is CC(C=O)OC(=O)Nc1ccc(Cc2ccc(N=C=O)cc2)cc1. The van der Waals surface area contributed by atoms with Gasteiger partial charge in [-0.05, 0) is 48.7 Å². The van der Waals surface area contributed by atoms with E-state index in [1.807, 2.05) is 24.3 Å². The van der Waals surface area contributed by atoms with Gasteiger partial charge in [0.25, 0.3) is 0 Å². The lowest BCUT2D eigenvalue weighted by Gasteiger charge is -2.09. The van der Waals surface area contributed by atoms with E-state index in [1.54, 1.807) is 24.3 Å². The second-order valence-electron chi connectivity index (χ2n) is 5.11. The Morgan fingerprint density at radius 1 is 1.17 bits per heavy atom. The van der Waals surface area contributed by atoms with Gasteiger partial charge in [-0.25, -0.2) is 9.59 Å². The van der Waals surface area contributed by atoms with Crippen LogP contribution in [-0.2, 0) is 20.7 Å². The number of amides is 1. The molecule has 0 aliphatic rings. The van der Waals surface area contributed by atoms with E-state index in [-0.39, 0.29) is 0 Å². The van der Waals surface area contributed by atoms with Crippen LogP contribution < -0.4 is 5.32 Å². The molecule has 1 N–H and O–H groups in total. The van der Waals surface area contributed by atoms with Crippen molar-refractivity contribution in [3.05, 3.63) is 59.7 Å². The molecule has 0 radical (unpaired) electrons. The van der Waals surface area contributed by atoms with Gasteiger partial charge in [-0.3, -0.25) is 10.1 Å². The Labute approximate surface area is 139 Å². The normalized spacial score (nSPS) is 11.0. The number of rotatable bonds is 6. The van der Waals surface area contributed by atoms with Crippen molar-refractivity contribution >= 4 is 29.8 Å². The number of carbonyl (C=O) groups excluding carboxylic acids is 3. The molecular weight excluding hydrogens is 308 g/mol. The van der Waals surface area contributed by atoms with Gasteiger partial charge >= 0.3 is 6.09 Å². The van der Waals surface area contributed by atoms with Gasteiger partial charge < -0.3 is 4.74 Å². The standard InChI is InChI=1S/C18H16N2O4/c1-13(11-21)24-18(23)20-17-8-4-15(5-9-17)10-14-2-6-16(7-3-14)19-12-22/h2-9,11,13H,10H2,1H3,(H,20,23). The van der Waals surface area contributed by atoms with Crippen molar-refractivity contribution in [2.45, 2.75) is 19.4 Å². The zero-order valence-electron chi connectivity index (χ0n) is 13.1. The fourth-order valence-corrected chi connectivity index (χ4v) is 2.03. The molecule has 0 saturated carbocycles. The summed E-state index contributed by atoms with van der Waals surface area (Å²) in [6.45, 7) is 1.49. The van der Waals surface area contributed by atoms with Crippen molar-refractivity contribution in [1.29, 1.82) is 0 Å². The van der Waals surface area contributed by atoms with Crippen LogP contribution in [0.1, 0.15) is 18.1 Å². The van der Waals surface area contributed by atoms with E-state index in [0.29, 0.717) is 24.1 Å². The van der Waals surface area contributed by atoms with Crippen LogP contribution >= 0.6 is 0 Å². The molecule has 2 rings (SSSR count). The molecule has 2 aromatic carbocycles. The van der Waals surface area contributed by atoms with Crippen LogP contribution in [0, 0.1) is 0 Å². The summed E-state index contributed by atoms with van der Waals surface area (Å²) in [7, 11) is 0. The zero-order valence-corrected chi connectivity index (χ0v) is 13.1. The van der Waals surface area contributed by atoms with Crippen LogP contribution in [0.3, 0.4) is 0 Å². The van der Waals surface area contributed by atoms with E-state index in [4.69, 9.17) is 4.74 Å². The zero-order chi connectivity index (χ0) is 17.4. The maximum Gasteiger partial charge on any atom is 0.412 e. The highest BCUT2D eigenvalue weighted by molar-refractivity contribution is 5.85. The van der Waals surface area contributed by atoms with Gasteiger partial charge in [0, 0.05) is 5.69 Å². The average Bonchev–Trinajstić information content (AvgIpc) is 2.58. The summed E-state index contributed by atoms with van der Waals surface area (Å²) in [5, 5.41) is 2.55. The first-order valence-electron chi connectivity index (χ1n) is 7.29. The van der Waals surface area contributed by atoms with Gasteiger partial charge in [-0.1, -0.05) is 24.3 Å². The molecule has 0 spiro atoms. The van der Waals surface area contributed by atoms with Gasteiger partial charge in [-0.2, -0.15) is 4.99 Å². The third-order valence-electron chi connectivity index (χ3n) is 3.20. The summed E-state index contributed by atoms with van der Waals surface area (Å²) < 4.78 is 4.81. The number of aldehydes is 1. The first-order valence-corrected chi connectivity index (χ1v) is 7.29. The number of anilines is 1. The molecule has 122 valence electrons. The number of isocyanates is 1. The fourth-order valence-electron chi connectivity index (χ4n) is 2.03. The molecule has 2 aromatic rings. The summed E-state index contributed by atoms with van der Waals surface area (Å²) in [5.41, 5.74) is 3.27. The van der Waals surface area contributed by atoms with Crippen LogP contribution in [0.4, 0.5) is 16.2 Å². The quantitative estimate of drug-likeness (QED) is 0.501. The van der Waals surface area contributed by atoms with Crippen LogP contribution in [0.2, 0.25) is 0 Å². The Morgan fingerprint density at radius 2 is 1.75 bits per heavy atom. The Kier molecular flexibility index (Phi) is 6.00. The summed E-state index contributed by atoms with van der Waals surface area (Å²) >= 11 is 0. The molecule has 0 heterocycles. The van der Waals surface area contributed by atoms with Crippen molar-refractivity contribution in [2.75, 3.05) is 5.32 Å². The van der Waals surface area contributed by atoms with Crippen molar-refractivity contribution in [3.8, 4) is 0 Å².